The lowest BCUT2D eigenvalue weighted by Gasteiger charge is -2.35. The summed E-state index contributed by atoms with van der Waals surface area (Å²) in [6.07, 6.45) is 8.75. The molecule has 2 aliphatic rings. The molecular weight excluding hydrogens is 390 g/mol. The van der Waals surface area contributed by atoms with Crippen LogP contribution in [0.25, 0.3) is 0 Å². The first-order valence-electron chi connectivity index (χ1n) is 11.4. The Bertz CT molecular complexity index is 955. The van der Waals surface area contributed by atoms with E-state index in [4.69, 9.17) is 0 Å². The molecule has 1 saturated heterocycles. The molecular formula is C25H31N3O3. The Kier molecular flexibility index (Phi) is 6.85. The zero-order chi connectivity index (χ0) is 21.6. The first-order chi connectivity index (χ1) is 15.1. The van der Waals surface area contributed by atoms with Crippen LogP contribution in [0.2, 0.25) is 0 Å². The van der Waals surface area contributed by atoms with Crippen LogP contribution in [0.4, 0.5) is 0 Å². The fraction of sp³-hybridized carbons (Fsp3) is 0.480. The van der Waals surface area contributed by atoms with E-state index in [0.29, 0.717) is 19.6 Å². The molecule has 0 bridgehead atoms. The van der Waals surface area contributed by atoms with Crippen molar-refractivity contribution < 1.29 is 9.59 Å². The molecule has 2 heterocycles. The van der Waals surface area contributed by atoms with Crippen molar-refractivity contribution in [1.82, 2.24) is 14.8 Å². The Morgan fingerprint density at radius 2 is 1.61 bits per heavy atom. The van der Waals surface area contributed by atoms with Crippen LogP contribution in [-0.2, 0) is 11.3 Å². The largest absolute Gasteiger partial charge is 0.349 e. The number of carbonyl (C=O) groups is 2. The van der Waals surface area contributed by atoms with Crippen LogP contribution < -0.4 is 10.9 Å². The molecule has 1 aliphatic heterocycles. The third kappa shape index (κ3) is 5.24. The van der Waals surface area contributed by atoms with Crippen molar-refractivity contribution in [1.29, 1.82) is 0 Å². The molecule has 164 valence electrons. The minimum absolute atomic E-state index is 0.00918. The highest BCUT2D eigenvalue weighted by Crippen LogP contribution is 2.26. The predicted molar refractivity (Wildman–Crippen MR) is 120 cm³/mol. The van der Waals surface area contributed by atoms with Crippen molar-refractivity contribution in [2.24, 2.45) is 5.92 Å². The van der Waals surface area contributed by atoms with Gasteiger partial charge in [-0.2, -0.15) is 0 Å². The monoisotopic (exact) mass is 421 g/mol. The fourth-order valence-corrected chi connectivity index (χ4v) is 4.73. The number of hydrogen-bond acceptors (Lipinski definition) is 3. The summed E-state index contributed by atoms with van der Waals surface area (Å²) < 4.78 is 1.57. The molecule has 31 heavy (non-hydrogen) atoms. The lowest BCUT2D eigenvalue weighted by Crippen LogP contribution is -2.49. The molecule has 0 spiro atoms. The number of likely N-dealkylation sites (tertiary alicyclic amines) is 1. The van der Waals surface area contributed by atoms with Crippen LogP contribution in [0.1, 0.15) is 60.9 Å². The standard InChI is InChI=1S/C25H31N3O3/c29-23(22-12-7-15-28(25(22)31)18-19-8-3-1-4-9-19)26-21-13-16-27(17-14-21)24(30)20-10-5-2-6-11-20/h1,3-4,7-9,12,15,20-21H,2,5-6,10-11,13-14,16-18H2,(H,26,29). The molecule has 1 aromatic heterocycles. The van der Waals surface area contributed by atoms with E-state index < -0.39 is 0 Å². The predicted octanol–water partition coefficient (Wildman–Crippen LogP) is 3.20. The topological polar surface area (TPSA) is 71.4 Å². The quantitative estimate of drug-likeness (QED) is 0.806. The lowest BCUT2D eigenvalue weighted by atomic mass is 9.87. The third-order valence-corrected chi connectivity index (χ3v) is 6.56. The number of pyridine rings is 1. The molecule has 1 saturated carbocycles. The molecule has 6 nitrogen and oxygen atoms in total. The van der Waals surface area contributed by atoms with E-state index in [1.807, 2.05) is 35.2 Å². The van der Waals surface area contributed by atoms with Gasteiger partial charge in [-0.25, -0.2) is 0 Å². The van der Waals surface area contributed by atoms with E-state index in [2.05, 4.69) is 5.32 Å². The summed E-state index contributed by atoms with van der Waals surface area (Å²) in [4.78, 5) is 40.3. The van der Waals surface area contributed by atoms with Gasteiger partial charge in [-0.15, -0.1) is 0 Å². The van der Waals surface area contributed by atoms with Gasteiger partial charge in [0.15, 0.2) is 0 Å². The van der Waals surface area contributed by atoms with Crippen LogP contribution >= 0.6 is 0 Å². The van der Waals surface area contributed by atoms with E-state index in [9.17, 15) is 14.4 Å². The molecule has 1 aromatic carbocycles. The van der Waals surface area contributed by atoms with Crippen molar-refractivity contribution in [2.75, 3.05) is 13.1 Å². The minimum Gasteiger partial charge on any atom is -0.349 e. The molecule has 6 heteroatoms. The Balaban J connectivity index is 1.33. The van der Waals surface area contributed by atoms with Crippen molar-refractivity contribution in [3.05, 3.63) is 70.1 Å². The highest BCUT2D eigenvalue weighted by Gasteiger charge is 2.29. The fourth-order valence-electron chi connectivity index (χ4n) is 4.73. The number of aromatic nitrogens is 1. The van der Waals surface area contributed by atoms with Crippen LogP contribution in [-0.4, -0.2) is 40.4 Å². The zero-order valence-electron chi connectivity index (χ0n) is 18.0. The van der Waals surface area contributed by atoms with E-state index in [0.717, 1.165) is 44.1 Å². The molecule has 0 unspecified atom stereocenters. The normalized spacial score (nSPS) is 18.0. The molecule has 2 amide bonds. The molecule has 2 fully saturated rings. The summed E-state index contributed by atoms with van der Waals surface area (Å²) in [6.45, 7) is 1.78. The van der Waals surface area contributed by atoms with Gasteiger partial charge >= 0.3 is 0 Å². The maximum atomic E-state index is 12.8. The van der Waals surface area contributed by atoms with Gasteiger partial charge in [0, 0.05) is 31.2 Å². The van der Waals surface area contributed by atoms with Crippen molar-refractivity contribution in [2.45, 2.75) is 57.5 Å². The summed E-state index contributed by atoms with van der Waals surface area (Å²) in [5.74, 6) is 0.146. The van der Waals surface area contributed by atoms with Crippen LogP contribution in [0.3, 0.4) is 0 Å². The lowest BCUT2D eigenvalue weighted by molar-refractivity contribution is -0.137. The summed E-state index contributed by atoms with van der Waals surface area (Å²) in [5, 5.41) is 3.02. The number of carbonyl (C=O) groups excluding carboxylic acids is 2. The second-order valence-electron chi connectivity index (χ2n) is 8.75. The SMILES string of the molecule is O=C(NC1CCN(C(=O)C2CCCCC2)CC1)c1cccn(Cc2ccccc2)c1=O. The number of hydrogen-bond donors (Lipinski definition) is 1. The van der Waals surface area contributed by atoms with Gasteiger partial charge in [0.25, 0.3) is 11.5 Å². The van der Waals surface area contributed by atoms with E-state index in [-0.39, 0.29) is 34.9 Å². The molecule has 4 rings (SSSR count). The van der Waals surface area contributed by atoms with Crippen LogP contribution in [0, 0.1) is 5.92 Å². The summed E-state index contributed by atoms with van der Waals surface area (Å²) in [7, 11) is 0. The number of nitrogens with one attached hydrogen (secondary N) is 1. The maximum absolute atomic E-state index is 12.8. The van der Waals surface area contributed by atoms with Gasteiger partial charge in [-0.05, 0) is 43.4 Å². The van der Waals surface area contributed by atoms with E-state index in [1.165, 1.54) is 6.42 Å². The van der Waals surface area contributed by atoms with Crippen molar-refractivity contribution >= 4 is 11.8 Å². The first kappa shape index (κ1) is 21.3. The van der Waals surface area contributed by atoms with E-state index in [1.54, 1.807) is 22.9 Å². The smallest absolute Gasteiger partial charge is 0.263 e. The number of rotatable bonds is 5. The zero-order valence-corrected chi connectivity index (χ0v) is 18.0. The molecule has 2 aromatic rings. The van der Waals surface area contributed by atoms with Gasteiger partial charge in [0.1, 0.15) is 5.56 Å². The summed E-state index contributed by atoms with van der Waals surface area (Å²) >= 11 is 0. The molecule has 0 atom stereocenters. The highest BCUT2D eigenvalue weighted by molar-refractivity contribution is 5.94. The third-order valence-electron chi connectivity index (χ3n) is 6.56. The van der Waals surface area contributed by atoms with E-state index >= 15 is 0 Å². The summed E-state index contributed by atoms with van der Waals surface area (Å²) in [6, 6.07) is 13.0. The molecule has 0 radical (unpaired) electrons. The van der Waals surface area contributed by atoms with Gasteiger partial charge in [-0.1, -0.05) is 49.6 Å². The Morgan fingerprint density at radius 3 is 2.32 bits per heavy atom. The van der Waals surface area contributed by atoms with Gasteiger partial charge in [-0.3, -0.25) is 14.4 Å². The molecule has 1 aliphatic carbocycles. The number of piperidine rings is 1. The number of amides is 2. The Labute approximate surface area is 183 Å². The van der Waals surface area contributed by atoms with Gasteiger partial charge in [0.05, 0.1) is 6.54 Å². The highest BCUT2D eigenvalue weighted by atomic mass is 16.2. The number of nitrogens with zero attached hydrogens (tertiary/aromatic N) is 2. The average Bonchev–Trinajstić information content (AvgIpc) is 2.81. The van der Waals surface area contributed by atoms with Crippen molar-refractivity contribution in [3.8, 4) is 0 Å². The second-order valence-corrected chi connectivity index (χ2v) is 8.75. The first-order valence-corrected chi connectivity index (χ1v) is 11.4. The maximum Gasteiger partial charge on any atom is 0.263 e. The molecule has 1 N–H and O–H groups in total. The Hall–Kier alpha value is -2.89. The van der Waals surface area contributed by atoms with Crippen molar-refractivity contribution in [3.63, 3.8) is 0 Å². The average molecular weight is 422 g/mol. The number of benzene rings is 1. The van der Waals surface area contributed by atoms with Gasteiger partial charge < -0.3 is 14.8 Å². The summed E-state index contributed by atoms with van der Waals surface area (Å²) in [5.41, 5.74) is 0.894. The van der Waals surface area contributed by atoms with Crippen LogP contribution in [0.15, 0.2) is 53.5 Å². The van der Waals surface area contributed by atoms with Crippen LogP contribution in [0.5, 0.6) is 0 Å². The second kappa shape index (κ2) is 9.94. The van der Waals surface area contributed by atoms with Gasteiger partial charge in [0.2, 0.25) is 5.91 Å². The Morgan fingerprint density at radius 1 is 0.903 bits per heavy atom. The minimum atomic E-state index is -0.329.